The first kappa shape index (κ1) is 15.0. The van der Waals surface area contributed by atoms with Gasteiger partial charge in [0.1, 0.15) is 17.9 Å². The fraction of sp³-hybridized carbons (Fsp3) is 0.400. The number of carbonyl (C=O) groups excluding carboxylic acids is 1. The van der Waals surface area contributed by atoms with Gasteiger partial charge in [0, 0.05) is 0 Å². The smallest absolute Gasteiger partial charge is 0.224 e. The average Bonchev–Trinajstić information content (AvgIpc) is 2.97. The van der Waals surface area contributed by atoms with Crippen LogP contribution >= 0.6 is 0 Å². The fourth-order valence-electron chi connectivity index (χ4n) is 1.94. The van der Waals surface area contributed by atoms with Crippen LogP contribution in [0.5, 0.6) is 5.75 Å². The van der Waals surface area contributed by atoms with Gasteiger partial charge in [-0.2, -0.15) is 5.10 Å². The van der Waals surface area contributed by atoms with Gasteiger partial charge >= 0.3 is 0 Å². The molecule has 2 rings (SSSR count). The molecule has 0 aliphatic heterocycles. The molecule has 0 aliphatic rings. The number of hydrogen-bond acceptors (Lipinski definition) is 4. The molecule has 1 atom stereocenters. The standard InChI is InChI=1S/C15H20N4O2/c1-10-5-4-6-13(11(10)2)21-8-7-14(20)18-12(3)15-16-9-17-19-15/h4-6,9,12H,7-8H2,1-3H3,(H,18,20)(H,16,17,19). The zero-order valence-electron chi connectivity index (χ0n) is 12.5. The van der Waals surface area contributed by atoms with E-state index >= 15 is 0 Å². The number of nitrogens with zero attached hydrogens (tertiary/aromatic N) is 2. The van der Waals surface area contributed by atoms with Gasteiger partial charge in [-0.15, -0.1) is 0 Å². The summed E-state index contributed by atoms with van der Waals surface area (Å²) < 4.78 is 5.66. The molecule has 0 saturated carbocycles. The Morgan fingerprint density at radius 1 is 1.43 bits per heavy atom. The Hall–Kier alpha value is -2.37. The molecular weight excluding hydrogens is 268 g/mol. The van der Waals surface area contributed by atoms with Crippen LogP contribution in [0.15, 0.2) is 24.5 Å². The third-order valence-electron chi connectivity index (χ3n) is 3.36. The molecule has 0 radical (unpaired) electrons. The van der Waals surface area contributed by atoms with Crippen molar-refractivity contribution >= 4 is 5.91 Å². The third-order valence-corrected chi connectivity index (χ3v) is 3.36. The van der Waals surface area contributed by atoms with Crippen molar-refractivity contribution in [3.05, 3.63) is 41.5 Å². The summed E-state index contributed by atoms with van der Waals surface area (Å²) in [7, 11) is 0. The number of nitrogens with one attached hydrogen (secondary N) is 2. The minimum atomic E-state index is -0.194. The van der Waals surface area contributed by atoms with E-state index in [1.165, 1.54) is 11.9 Å². The summed E-state index contributed by atoms with van der Waals surface area (Å²) in [6, 6.07) is 5.70. The lowest BCUT2D eigenvalue weighted by atomic mass is 10.1. The van der Waals surface area contributed by atoms with Gasteiger partial charge in [0.15, 0.2) is 0 Å². The fourth-order valence-corrected chi connectivity index (χ4v) is 1.94. The number of aromatic nitrogens is 3. The molecule has 1 aromatic heterocycles. The van der Waals surface area contributed by atoms with Crippen LogP contribution in [0, 0.1) is 13.8 Å². The van der Waals surface area contributed by atoms with Crippen molar-refractivity contribution in [1.82, 2.24) is 20.5 Å². The topological polar surface area (TPSA) is 79.9 Å². The number of hydrogen-bond donors (Lipinski definition) is 2. The van der Waals surface area contributed by atoms with Crippen LogP contribution in [0.4, 0.5) is 0 Å². The van der Waals surface area contributed by atoms with Gasteiger partial charge < -0.3 is 10.1 Å². The molecule has 1 heterocycles. The molecule has 1 aromatic carbocycles. The lowest BCUT2D eigenvalue weighted by Gasteiger charge is -2.13. The van der Waals surface area contributed by atoms with E-state index in [9.17, 15) is 4.79 Å². The number of carbonyl (C=O) groups is 1. The molecule has 0 spiro atoms. The molecule has 2 N–H and O–H groups in total. The van der Waals surface area contributed by atoms with Crippen molar-refractivity contribution in [2.24, 2.45) is 0 Å². The van der Waals surface area contributed by atoms with Crippen molar-refractivity contribution in [3.63, 3.8) is 0 Å². The monoisotopic (exact) mass is 288 g/mol. The summed E-state index contributed by atoms with van der Waals surface area (Å²) >= 11 is 0. The van der Waals surface area contributed by atoms with Crippen LogP contribution in [0.3, 0.4) is 0 Å². The van der Waals surface area contributed by atoms with Crippen LogP contribution in [0.2, 0.25) is 0 Å². The van der Waals surface area contributed by atoms with Gasteiger partial charge in [0.2, 0.25) is 5.91 Å². The molecule has 112 valence electrons. The minimum absolute atomic E-state index is 0.0794. The van der Waals surface area contributed by atoms with Gasteiger partial charge in [-0.25, -0.2) is 4.98 Å². The van der Waals surface area contributed by atoms with E-state index in [0.717, 1.165) is 11.3 Å². The lowest BCUT2D eigenvalue weighted by molar-refractivity contribution is -0.122. The zero-order valence-corrected chi connectivity index (χ0v) is 12.5. The van der Waals surface area contributed by atoms with Crippen LogP contribution < -0.4 is 10.1 Å². The van der Waals surface area contributed by atoms with E-state index in [0.29, 0.717) is 18.9 Å². The van der Waals surface area contributed by atoms with Crippen LogP contribution in [-0.4, -0.2) is 27.7 Å². The number of benzene rings is 1. The molecule has 0 saturated heterocycles. The lowest BCUT2D eigenvalue weighted by Crippen LogP contribution is -2.28. The molecule has 0 fully saturated rings. The molecule has 0 bridgehead atoms. The predicted molar refractivity (Wildman–Crippen MR) is 79.0 cm³/mol. The largest absolute Gasteiger partial charge is 0.493 e. The van der Waals surface area contributed by atoms with Gasteiger partial charge in [0.25, 0.3) is 0 Å². The molecule has 1 unspecified atom stereocenters. The maximum atomic E-state index is 11.8. The van der Waals surface area contributed by atoms with Gasteiger partial charge in [-0.05, 0) is 38.0 Å². The predicted octanol–water partition coefficient (Wildman–Crippen LogP) is 2.07. The number of aryl methyl sites for hydroxylation is 1. The molecule has 6 nitrogen and oxygen atoms in total. The average molecular weight is 288 g/mol. The number of amides is 1. The minimum Gasteiger partial charge on any atom is -0.493 e. The van der Waals surface area contributed by atoms with Crippen molar-refractivity contribution in [2.45, 2.75) is 33.2 Å². The van der Waals surface area contributed by atoms with Crippen molar-refractivity contribution < 1.29 is 9.53 Å². The van der Waals surface area contributed by atoms with E-state index in [4.69, 9.17) is 4.74 Å². The SMILES string of the molecule is Cc1cccc(OCCC(=O)NC(C)c2ncn[nH]2)c1C. The number of aromatic amines is 1. The normalized spacial score (nSPS) is 12.0. The van der Waals surface area contributed by atoms with E-state index in [2.05, 4.69) is 20.5 Å². The zero-order chi connectivity index (χ0) is 15.2. The van der Waals surface area contributed by atoms with Gasteiger partial charge in [-0.3, -0.25) is 9.89 Å². The number of rotatable bonds is 6. The molecule has 6 heteroatoms. The Balaban J connectivity index is 1.78. The summed E-state index contributed by atoms with van der Waals surface area (Å²) in [6.45, 7) is 6.24. The van der Waals surface area contributed by atoms with Crippen molar-refractivity contribution in [3.8, 4) is 5.75 Å². The number of ether oxygens (including phenoxy) is 1. The Kier molecular flexibility index (Phi) is 4.92. The molecular formula is C15H20N4O2. The molecule has 21 heavy (non-hydrogen) atoms. The molecule has 2 aromatic rings. The molecule has 0 aliphatic carbocycles. The Morgan fingerprint density at radius 3 is 2.95 bits per heavy atom. The van der Waals surface area contributed by atoms with Crippen molar-refractivity contribution in [1.29, 1.82) is 0 Å². The van der Waals surface area contributed by atoms with Crippen LogP contribution in [-0.2, 0) is 4.79 Å². The van der Waals surface area contributed by atoms with E-state index in [1.807, 2.05) is 39.0 Å². The summed E-state index contributed by atoms with van der Waals surface area (Å²) in [5, 5.41) is 9.33. The molecule has 1 amide bonds. The quantitative estimate of drug-likeness (QED) is 0.852. The number of H-pyrrole nitrogens is 1. The second-order valence-electron chi connectivity index (χ2n) is 4.96. The maximum Gasteiger partial charge on any atom is 0.224 e. The second-order valence-corrected chi connectivity index (χ2v) is 4.96. The summed E-state index contributed by atoms with van der Waals surface area (Å²) in [6.07, 6.45) is 1.72. The Labute approximate surface area is 123 Å². The first-order chi connectivity index (χ1) is 10.1. The van der Waals surface area contributed by atoms with E-state index in [1.54, 1.807) is 0 Å². The van der Waals surface area contributed by atoms with Gasteiger partial charge in [0.05, 0.1) is 19.1 Å². The summed E-state index contributed by atoms with van der Waals surface area (Å²) in [5.74, 6) is 1.38. The highest BCUT2D eigenvalue weighted by molar-refractivity contribution is 5.76. The third kappa shape index (κ3) is 4.05. The maximum absolute atomic E-state index is 11.8. The first-order valence-corrected chi connectivity index (χ1v) is 6.91. The highest BCUT2D eigenvalue weighted by atomic mass is 16.5. The van der Waals surface area contributed by atoms with Crippen LogP contribution in [0.25, 0.3) is 0 Å². The van der Waals surface area contributed by atoms with Gasteiger partial charge in [-0.1, -0.05) is 12.1 Å². The first-order valence-electron chi connectivity index (χ1n) is 6.91. The Bertz CT molecular complexity index is 596. The summed E-state index contributed by atoms with van der Waals surface area (Å²) in [4.78, 5) is 15.8. The van der Waals surface area contributed by atoms with Crippen LogP contribution in [0.1, 0.15) is 36.3 Å². The van der Waals surface area contributed by atoms with Crippen molar-refractivity contribution in [2.75, 3.05) is 6.61 Å². The Morgan fingerprint density at radius 2 is 2.24 bits per heavy atom. The van der Waals surface area contributed by atoms with E-state index in [-0.39, 0.29) is 11.9 Å². The highest BCUT2D eigenvalue weighted by Gasteiger charge is 2.12. The summed E-state index contributed by atoms with van der Waals surface area (Å²) in [5.41, 5.74) is 2.28. The highest BCUT2D eigenvalue weighted by Crippen LogP contribution is 2.20. The van der Waals surface area contributed by atoms with E-state index < -0.39 is 0 Å². The second kappa shape index (κ2) is 6.88.